The van der Waals surface area contributed by atoms with Gasteiger partial charge in [0.25, 0.3) is 5.91 Å². The molecule has 0 saturated carbocycles. The Morgan fingerprint density at radius 2 is 2.31 bits per heavy atom. The smallest absolute Gasteiger partial charge is 0.252 e. The maximum atomic E-state index is 11.7. The van der Waals surface area contributed by atoms with Crippen molar-refractivity contribution in [3.05, 3.63) is 28.8 Å². The van der Waals surface area contributed by atoms with Gasteiger partial charge in [0.2, 0.25) is 0 Å². The molecule has 0 aromatic heterocycles. The Hall–Kier alpha value is -1.26. The van der Waals surface area contributed by atoms with Crippen LogP contribution in [0, 0.1) is 0 Å². The summed E-state index contributed by atoms with van der Waals surface area (Å²) in [6.45, 7) is 2.07. The van der Waals surface area contributed by atoms with Crippen molar-refractivity contribution in [2.45, 2.75) is 19.4 Å². The van der Waals surface area contributed by atoms with E-state index in [-0.39, 0.29) is 10.9 Å². The van der Waals surface area contributed by atoms with Gasteiger partial charge in [0.05, 0.1) is 22.4 Å². The Kier molecular flexibility index (Phi) is 4.58. The fourth-order valence-electron chi connectivity index (χ4n) is 1.22. The van der Waals surface area contributed by atoms with Crippen molar-refractivity contribution in [1.82, 2.24) is 5.32 Å². The number of amides is 1. The number of carbonyl (C=O) groups excluding carboxylic acids is 1. The lowest BCUT2D eigenvalue weighted by atomic mass is 10.2. The van der Waals surface area contributed by atoms with Gasteiger partial charge < -0.3 is 16.2 Å². The highest BCUT2D eigenvalue weighted by atomic mass is 35.5. The van der Waals surface area contributed by atoms with Crippen LogP contribution in [0.15, 0.2) is 18.2 Å². The summed E-state index contributed by atoms with van der Waals surface area (Å²) in [7, 11) is 0. The zero-order chi connectivity index (χ0) is 12.1. The maximum absolute atomic E-state index is 11.7. The average Bonchev–Trinajstić information content (AvgIpc) is 2.21. The number of hydrogen-bond donors (Lipinski definition) is 3. The first-order chi connectivity index (χ1) is 7.52. The first-order valence-electron chi connectivity index (χ1n) is 5.02. The van der Waals surface area contributed by atoms with Crippen LogP contribution in [-0.2, 0) is 0 Å². The van der Waals surface area contributed by atoms with Crippen molar-refractivity contribution in [2.75, 3.05) is 12.3 Å². The van der Waals surface area contributed by atoms with Gasteiger partial charge >= 0.3 is 0 Å². The van der Waals surface area contributed by atoms with Gasteiger partial charge in [-0.05, 0) is 25.5 Å². The third kappa shape index (κ3) is 3.40. The van der Waals surface area contributed by atoms with Crippen LogP contribution in [0.25, 0.3) is 0 Å². The molecule has 0 aliphatic carbocycles. The lowest BCUT2D eigenvalue weighted by molar-refractivity contribution is 0.0946. The van der Waals surface area contributed by atoms with Crippen molar-refractivity contribution in [2.24, 2.45) is 0 Å². The molecule has 4 nitrogen and oxygen atoms in total. The number of nitrogens with two attached hydrogens (primary N) is 1. The average molecular weight is 243 g/mol. The van der Waals surface area contributed by atoms with Gasteiger partial charge in [-0.25, -0.2) is 0 Å². The Morgan fingerprint density at radius 1 is 1.62 bits per heavy atom. The third-order valence-electron chi connectivity index (χ3n) is 2.12. The highest BCUT2D eigenvalue weighted by Gasteiger charge is 2.11. The Morgan fingerprint density at radius 3 is 2.94 bits per heavy atom. The Balaban J connectivity index is 2.63. The number of anilines is 1. The van der Waals surface area contributed by atoms with E-state index in [1.165, 1.54) is 0 Å². The van der Waals surface area contributed by atoms with Crippen LogP contribution < -0.4 is 11.1 Å². The Labute approximate surface area is 99.4 Å². The number of halogens is 1. The first-order valence-corrected chi connectivity index (χ1v) is 5.40. The molecule has 0 spiro atoms. The number of nitrogens with one attached hydrogen (secondary N) is 1. The van der Waals surface area contributed by atoms with Crippen molar-refractivity contribution in [3.8, 4) is 0 Å². The van der Waals surface area contributed by atoms with E-state index in [4.69, 9.17) is 22.4 Å². The van der Waals surface area contributed by atoms with Gasteiger partial charge in [-0.15, -0.1) is 0 Å². The predicted octanol–water partition coefficient (Wildman–Crippen LogP) is 1.42. The molecule has 1 unspecified atom stereocenters. The van der Waals surface area contributed by atoms with Crippen LogP contribution in [0.4, 0.5) is 5.69 Å². The van der Waals surface area contributed by atoms with Crippen LogP contribution in [0.1, 0.15) is 23.7 Å². The zero-order valence-corrected chi connectivity index (χ0v) is 9.79. The van der Waals surface area contributed by atoms with Gasteiger partial charge in [0, 0.05) is 6.54 Å². The maximum Gasteiger partial charge on any atom is 0.252 e. The van der Waals surface area contributed by atoms with Crippen LogP contribution in [0.5, 0.6) is 0 Å². The third-order valence-corrected chi connectivity index (χ3v) is 2.54. The SMILES string of the molecule is CC(O)CCNC(=O)c1cccc(N)c1Cl. The molecule has 0 heterocycles. The number of carbonyl (C=O) groups is 1. The molecular formula is C11H15ClN2O2. The summed E-state index contributed by atoms with van der Waals surface area (Å²) in [5.41, 5.74) is 6.32. The molecule has 1 rings (SSSR count). The molecule has 0 radical (unpaired) electrons. The molecule has 1 aromatic carbocycles. The second-order valence-corrected chi connectivity index (χ2v) is 3.98. The molecule has 1 amide bonds. The fourth-order valence-corrected chi connectivity index (χ4v) is 1.43. The summed E-state index contributed by atoms with van der Waals surface area (Å²) >= 11 is 5.89. The zero-order valence-electron chi connectivity index (χ0n) is 9.03. The van der Waals surface area contributed by atoms with Crippen molar-refractivity contribution in [1.29, 1.82) is 0 Å². The molecule has 0 fully saturated rings. The lowest BCUT2D eigenvalue weighted by Gasteiger charge is -2.08. The van der Waals surface area contributed by atoms with E-state index in [0.717, 1.165) is 0 Å². The Bertz CT molecular complexity index is 380. The first kappa shape index (κ1) is 12.8. The van der Waals surface area contributed by atoms with Crippen LogP contribution >= 0.6 is 11.6 Å². The van der Waals surface area contributed by atoms with E-state index in [9.17, 15) is 4.79 Å². The van der Waals surface area contributed by atoms with Crippen LogP contribution in [0.3, 0.4) is 0 Å². The van der Waals surface area contributed by atoms with Gasteiger partial charge in [-0.2, -0.15) is 0 Å². The largest absolute Gasteiger partial charge is 0.398 e. The molecule has 1 atom stereocenters. The second-order valence-electron chi connectivity index (χ2n) is 3.60. The number of aliphatic hydroxyl groups is 1. The molecule has 0 saturated heterocycles. The molecule has 0 bridgehead atoms. The molecular weight excluding hydrogens is 228 g/mol. The van der Waals surface area contributed by atoms with E-state index in [2.05, 4.69) is 5.32 Å². The fraction of sp³-hybridized carbons (Fsp3) is 0.364. The number of hydrogen-bond acceptors (Lipinski definition) is 3. The monoisotopic (exact) mass is 242 g/mol. The topological polar surface area (TPSA) is 75.3 Å². The van der Waals surface area contributed by atoms with Crippen LogP contribution in [0.2, 0.25) is 5.02 Å². The highest BCUT2D eigenvalue weighted by molar-refractivity contribution is 6.36. The van der Waals surface area contributed by atoms with Gasteiger partial charge in [-0.1, -0.05) is 17.7 Å². The summed E-state index contributed by atoms with van der Waals surface area (Å²) in [6, 6.07) is 4.91. The summed E-state index contributed by atoms with van der Waals surface area (Å²) in [5.74, 6) is -0.280. The van der Waals surface area contributed by atoms with Crippen molar-refractivity contribution >= 4 is 23.2 Å². The summed E-state index contributed by atoms with van der Waals surface area (Å²) in [4.78, 5) is 11.7. The van der Waals surface area contributed by atoms with E-state index in [1.807, 2.05) is 0 Å². The van der Waals surface area contributed by atoms with Crippen LogP contribution in [-0.4, -0.2) is 23.7 Å². The summed E-state index contributed by atoms with van der Waals surface area (Å²) in [5, 5.41) is 12.0. The van der Waals surface area contributed by atoms with E-state index in [0.29, 0.717) is 24.2 Å². The van der Waals surface area contributed by atoms with Gasteiger partial charge in [-0.3, -0.25) is 4.79 Å². The summed E-state index contributed by atoms with van der Waals surface area (Å²) in [6.07, 6.45) is 0.0719. The molecule has 16 heavy (non-hydrogen) atoms. The van der Waals surface area contributed by atoms with Gasteiger partial charge in [0.15, 0.2) is 0 Å². The number of benzene rings is 1. The predicted molar refractivity (Wildman–Crippen MR) is 64.5 cm³/mol. The van der Waals surface area contributed by atoms with Crippen molar-refractivity contribution in [3.63, 3.8) is 0 Å². The molecule has 4 N–H and O–H groups in total. The van der Waals surface area contributed by atoms with E-state index >= 15 is 0 Å². The molecule has 88 valence electrons. The standard InChI is InChI=1S/C11H15ClN2O2/c1-7(15)5-6-14-11(16)8-3-2-4-9(13)10(8)12/h2-4,7,15H,5-6,13H2,1H3,(H,14,16). The number of rotatable bonds is 4. The summed E-state index contributed by atoms with van der Waals surface area (Å²) < 4.78 is 0. The quantitative estimate of drug-likeness (QED) is 0.699. The lowest BCUT2D eigenvalue weighted by Crippen LogP contribution is -2.26. The minimum atomic E-state index is -0.434. The highest BCUT2D eigenvalue weighted by Crippen LogP contribution is 2.22. The minimum absolute atomic E-state index is 0.261. The van der Waals surface area contributed by atoms with E-state index in [1.54, 1.807) is 25.1 Å². The molecule has 5 heteroatoms. The van der Waals surface area contributed by atoms with Crippen molar-refractivity contribution < 1.29 is 9.90 Å². The van der Waals surface area contributed by atoms with Gasteiger partial charge in [0.1, 0.15) is 0 Å². The number of nitrogen functional groups attached to an aromatic ring is 1. The molecule has 0 aliphatic heterocycles. The minimum Gasteiger partial charge on any atom is -0.398 e. The van der Waals surface area contributed by atoms with E-state index < -0.39 is 6.10 Å². The molecule has 1 aromatic rings. The normalized spacial score (nSPS) is 12.2. The second kappa shape index (κ2) is 5.72. The number of aliphatic hydroxyl groups excluding tert-OH is 1. The molecule has 0 aliphatic rings.